The number of nitrogens with zero attached hydrogens (tertiary/aromatic N) is 2. The van der Waals surface area contributed by atoms with Gasteiger partial charge in [-0.3, -0.25) is 14.5 Å². The first-order valence-corrected chi connectivity index (χ1v) is 12.0. The lowest BCUT2D eigenvalue weighted by Gasteiger charge is -2.29. The van der Waals surface area contributed by atoms with Crippen molar-refractivity contribution >= 4 is 35.1 Å². The number of benzene rings is 2. The molecule has 2 amide bonds. The maximum Gasteiger partial charge on any atom is 0.337 e. The predicted octanol–water partition coefficient (Wildman–Crippen LogP) is 4.04. The summed E-state index contributed by atoms with van der Waals surface area (Å²) in [6.45, 7) is 4.76. The molecule has 3 heterocycles. The van der Waals surface area contributed by atoms with Crippen LogP contribution in [0.1, 0.15) is 51.9 Å². The van der Waals surface area contributed by atoms with Crippen molar-refractivity contribution < 1.29 is 19.5 Å². The Morgan fingerprint density at radius 2 is 1.75 bits per heavy atom. The monoisotopic (exact) mass is 484 g/mol. The van der Waals surface area contributed by atoms with Crippen molar-refractivity contribution in [1.29, 1.82) is 0 Å². The lowest BCUT2D eigenvalue weighted by Crippen LogP contribution is -2.41. The minimum absolute atomic E-state index is 0.116. The molecule has 2 aromatic carbocycles. The smallest absolute Gasteiger partial charge is 0.337 e. The molecule has 36 heavy (non-hydrogen) atoms. The van der Waals surface area contributed by atoms with Crippen molar-refractivity contribution in [3.63, 3.8) is 0 Å². The van der Waals surface area contributed by atoms with Crippen LogP contribution >= 0.6 is 0 Å². The first-order valence-electron chi connectivity index (χ1n) is 12.0. The van der Waals surface area contributed by atoms with E-state index in [1.165, 1.54) is 0 Å². The third-order valence-corrected chi connectivity index (χ3v) is 7.13. The number of amides is 2. The summed E-state index contributed by atoms with van der Waals surface area (Å²) in [4.78, 5) is 39.9. The lowest BCUT2D eigenvalue weighted by molar-refractivity contribution is -0.126. The number of carbonyl (C=O) groups excluding carboxylic acids is 2. The maximum atomic E-state index is 13.1. The van der Waals surface area contributed by atoms with Crippen LogP contribution in [0.5, 0.6) is 0 Å². The molecule has 4 N–H and O–H groups in total. The average Bonchev–Trinajstić information content (AvgIpc) is 3.53. The number of carboxylic acids is 1. The SMILES string of the molecule is Cc1c(C(=O)O)c(C)n(C(C(N)=O)N2CCCC2)c1C=C1C(=O)Nc2cc(-c3ccccc3)ccc21. The number of fused-ring (bicyclic) bond motifs is 1. The molecule has 3 aromatic rings. The van der Waals surface area contributed by atoms with Crippen molar-refractivity contribution in [1.82, 2.24) is 9.47 Å². The highest BCUT2D eigenvalue weighted by Gasteiger charge is 2.34. The molecule has 1 aromatic heterocycles. The van der Waals surface area contributed by atoms with E-state index in [0.717, 1.165) is 29.5 Å². The number of nitrogens with one attached hydrogen (secondary N) is 1. The van der Waals surface area contributed by atoms with Crippen molar-refractivity contribution in [2.75, 3.05) is 18.4 Å². The zero-order valence-electron chi connectivity index (χ0n) is 20.2. The van der Waals surface area contributed by atoms with E-state index in [0.29, 0.717) is 41.3 Å². The first-order chi connectivity index (χ1) is 17.3. The molecule has 0 bridgehead atoms. The number of anilines is 1. The second kappa shape index (κ2) is 9.13. The Morgan fingerprint density at radius 1 is 1.06 bits per heavy atom. The summed E-state index contributed by atoms with van der Waals surface area (Å²) in [5, 5.41) is 12.9. The number of hydrogen-bond acceptors (Lipinski definition) is 4. The summed E-state index contributed by atoms with van der Waals surface area (Å²) in [5.74, 6) is -1.93. The van der Waals surface area contributed by atoms with Gasteiger partial charge in [-0.15, -0.1) is 0 Å². The minimum atomic E-state index is -1.09. The van der Waals surface area contributed by atoms with Crippen molar-refractivity contribution in [3.05, 3.63) is 76.6 Å². The molecule has 1 saturated heterocycles. The fraction of sp³-hybridized carbons (Fsp3) is 0.250. The topological polar surface area (TPSA) is 118 Å². The van der Waals surface area contributed by atoms with Gasteiger partial charge >= 0.3 is 5.97 Å². The first kappa shape index (κ1) is 23.6. The molecule has 0 saturated carbocycles. The Morgan fingerprint density at radius 3 is 2.39 bits per heavy atom. The minimum Gasteiger partial charge on any atom is -0.478 e. The zero-order valence-corrected chi connectivity index (χ0v) is 20.2. The van der Waals surface area contributed by atoms with Crippen LogP contribution in [-0.2, 0) is 9.59 Å². The highest BCUT2D eigenvalue weighted by atomic mass is 16.4. The maximum absolute atomic E-state index is 13.1. The third-order valence-electron chi connectivity index (χ3n) is 7.13. The van der Waals surface area contributed by atoms with Gasteiger partial charge in [-0.1, -0.05) is 42.5 Å². The Hall–Kier alpha value is -4.17. The molecule has 2 aliphatic rings. The van der Waals surface area contributed by atoms with Gasteiger partial charge < -0.3 is 20.7 Å². The van der Waals surface area contributed by atoms with Gasteiger partial charge in [-0.2, -0.15) is 0 Å². The number of rotatable bonds is 6. The Bertz CT molecular complexity index is 1420. The number of aromatic nitrogens is 1. The Labute approximate surface area is 209 Å². The van der Waals surface area contributed by atoms with Crippen LogP contribution in [0.4, 0.5) is 5.69 Å². The average molecular weight is 485 g/mol. The van der Waals surface area contributed by atoms with E-state index >= 15 is 0 Å². The molecule has 1 atom stereocenters. The van der Waals surface area contributed by atoms with Crippen LogP contribution in [0.3, 0.4) is 0 Å². The fourth-order valence-electron chi connectivity index (χ4n) is 5.43. The third kappa shape index (κ3) is 3.89. The summed E-state index contributed by atoms with van der Waals surface area (Å²) in [7, 11) is 0. The fourth-order valence-corrected chi connectivity index (χ4v) is 5.43. The van der Waals surface area contributed by atoms with Gasteiger partial charge in [0.2, 0.25) is 0 Å². The molecule has 2 aliphatic heterocycles. The molecule has 8 heteroatoms. The number of likely N-dealkylation sites (tertiary alicyclic amines) is 1. The van der Waals surface area contributed by atoms with Crippen LogP contribution in [0.15, 0.2) is 48.5 Å². The van der Waals surface area contributed by atoms with Crippen LogP contribution in [0.25, 0.3) is 22.8 Å². The number of carbonyl (C=O) groups is 3. The van der Waals surface area contributed by atoms with Gasteiger partial charge in [0.15, 0.2) is 6.17 Å². The van der Waals surface area contributed by atoms with Gasteiger partial charge in [-0.05, 0) is 55.5 Å². The molecular formula is C28H28N4O4. The molecule has 1 unspecified atom stereocenters. The van der Waals surface area contributed by atoms with Crippen molar-refractivity contribution in [2.45, 2.75) is 32.9 Å². The van der Waals surface area contributed by atoms with E-state index in [1.54, 1.807) is 24.5 Å². The van der Waals surface area contributed by atoms with Gasteiger partial charge in [0, 0.05) is 35.7 Å². The molecule has 0 radical (unpaired) electrons. The van der Waals surface area contributed by atoms with Gasteiger partial charge in [0.05, 0.1) is 11.1 Å². The standard InChI is InChI=1S/C28H28N4O4/c1-16-23(32(17(2)24(16)28(35)36)27(25(29)33)31-12-6-7-13-31)15-21-20-11-10-19(14-22(20)30-26(21)34)18-8-4-3-5-9-18/h3-5,8-11,14-15,27H,6-7,12-13H2,1-2H3,(H2,29,33)(H,30,34)(H,35,36). The van der Waals surface area contributed by atoms with E-state index in [-0.39, 0.29) is 11.5 Å². The second-order valence-electron chi connectivity index (χ2n) is 9.30. The molecular weight excluding hydrogens is 456 g/mol. The quantitative estimate of drug-likeness (QED) is 0.457. The van der Waals surface area contributed by atoms with Crippen LogP contribution in [0.2, 0.25) is 0 Å². The molecule has 0 spiro atoms. The highest BCUT2D eigenvalue weighted by molar-refractivity contribution is 6.35. The van der Waals surface area contributed by atoms with E-state index in [4.69, 9.17) is 5.73 Å². The summed E-state index contributed by atoms with van der Waals surface area (Å²) in [6.07, 6.45) is 2.72. The number of nitrogens with two attached hydrogens (primary N) is 1. The largest absolute Gasteiger partial charge is 0.478 e. The molecule has 5 rings (SSSR count). The predicted molar refractivity (Wildman–Crippen MR) is 138 cm³/mol. The van der Waals surface area contributed by atoms with Gasteiger partial charge in [-0.25, -0.2) is 4.79 Å². The van der Waals surface area contributed by atoms with E-state index in [2.05, 4.69) is 5.32 Å². The molecule has 8 nitrogen and oxygen atoms in total. The van der Waals surface area contributed by atoms with Crippen molar-refractivity contribution in [2.24, 2.45) is 5.73 Å². The Balaban J connectivity index is 1.66. The zero-order chi connectivity index (χ0) is 25.6. The number of primary amides is 1. The Kier molecular flexibility index (Phi) is 5.97. The molecule has 1 fully saturated rings. The number of carboxylic acid groups (broad SMARTS) is 1. The number of hydrogen-bond donors (Lipinski definition) is 3. The summed E-state index contributed by atoms with van der Waals surface area (Å²) in [5.41, 5.74) is 11.2. The summed E-state index contributed by atoms with van der Waals surface area (Å²) < 4.78 is 1.68. The lowest BCUT2D eigenvalue weighted by atomic mass is 9.99. The van der Waals surface area contributed by atoms with E-state index in [9.17, 15) is 19.5 Å². The van der Waals surface area contributed by atoms with Gasteiger partial charge in [0.25, 0.3) is 11.8 Å². The van der Waals surface area contributed by atoms with Gasteiger partial charge in [0.1, 0.15) is 0 Å². The van der Waals surface area contributed by atoms with E-state index < -0.39 is 18.0 Å². The summed E-state index contributed by atoms with van der Waals surface area (Å²) >= 11 is 0. The van der Waals surface area contributed by atoms with E-state index in [1.807, 2.05) is 53.4 Å². The van der Waals surface area contributed by atoms with Crippen LogP contribution in [0, 0.1) is 13.8 Å². The molecule has 184 valence electrons. The highest BCUT2D eigenvalue weighted by Crippen LogP contribution is 2.38. The van der Waals surface area contributed by atoms with Crippen molar-refractivity contribution in [3.8, 4) is 11.1 Å². The number of aromatic carboxylic acids is 1. The second-order valence-corrected chi connectivity index (χ2v) is 9.30. The summed E-state index contributed by atoms with van der Waals surface area (Å²) in [6, 6.07) is 15.7. The van der Waals surface area contributed by atoms with Crippen LogP contribution in [-0.4, -0.2) is 45.4 Å². The molecule has 0 aliphatic carbocycles. The normalized spacial score (nSPS) is 17.3. The van der Waals surface area contributed by atoms with Crippen LogP contribution < -0.4 is 11.1 Å².